The van der Waals surface area contributed by atoms with E-state index in [9.17, 15) is 4.79 Å². The molecule has 0 bridgehead atoms. The summed E-state index contributed by atoms with van der Waals surface area (Å²) in [5.41, 5.74) is 1.36. The van der Waals surface area contributed by atoms with E-state index in [0.717, 1.165) is 32.5 Å². The first kappa shape index (κ1) is 18.2. The summed E-state index contributed by atoms with van der Waals surface area (Å²) in [7, 11) is 2.00. The van der Waals surface area contributed by atoms with Gasteiger partial charge in [-0.3, -0.25) is 4.79 Å². The van der Waals surface area contributed by atoms with Gasteiger partial charge in [-0.25, -0.2) is 0 Å². The monoisotopic (exact) mass is 358 g/mol. The van der Waals surface area contributed by atoms with Crippen molar-refractivity contribution in [1.29, 1.82) is 0 Å². The van der Waals surface area contributed by atoms with Crippen LogP contribution in [0.25, 0.3) is 10.8 Å². The van der Waals surface area contributed by atoms with Gasteiger partial charge in [-0.1, -0.05) is 42.5 Å². The van der Waals surface area contributed by atoms with Crippen LogP contribution in [-0.2, 0) is 4.79 Å². The van der Waals surface area contributed by atoms with Crippen molar-refractivity contribution in [3.63, 3.8) is 0 Å². The van der Waals surface area contributed by atoms with E-state index in [0.29, 0.717) is 17.7 Å². The highest BCUT2D eigenvalue weighted by Gasteiger charge is 2.46. The van der Waals surface area contributed by atoms with Crippen molar-refractivity contribution in [1.82, 2.24) is 10.2 Å². The SMILES string of the molecule is CNCC1CCCN(C(=O)C2CC2c2cccc3ccccc23)C1.Cl. The van der Waals surface area contributed by atoms with E-state index in [2.05, 4.69) is 52.7 Å². The molecule has 1 aliphatic carbocycles. The lowest BCUT2D eigenvalue weighted by Crippen LogP contribution is -2.43. The van der Waals surface area contributed by atoms with Gasteiger partial charge in [0.1, 0.15) is 0 Å². The third-order valence-electron chi connectivity index (χ3n) is 5.65. The second-order valence-electron chi connectivity index (χ2n) is 7.37. The molecule has 3 atom stereocenters. The minimum atomic E-state index is 0. The Balaban J connectivity index is 0.00000182. The Morgan fingerprint density at radius 3 is 2.84 bits per heavy atom. The Bertz CT molecular complexity index is 740. The lowest BCUT2D eigenvalue weighted by atomic mass is 9.97. The highest BCUT2D eigenvalue weighted by atomic mass is 35.5. The van der Waals surface area contributed by atoms with Gasteiger partial charge in [-0.05, 0) is 61.0 Å². The van der Waals surface area contributed by atoms with Gasteiger partial charge in [-0.15, -0.1) is 12.4 Å². The summed E-state index contributed by atoms with van der Waals surface area (Å²) in [5.74, 6) is 1.61. The normalized spacial score (nSPS) is 25.5. The van der Waals surface area contributed by atoms with Crippen molar-refractivity contribution < 1.29 is 4.79 Å². The Labute approximate surface area is 156 Å². The van der Waals surface area contributed by atoms with Crippen molar-refractivity contribution in [2.75, 3.05) is 26.7 Å². The average Bonchev–Trinajstić information content (AvgIpc) is 3.42. The van der Waals surface area contributed by atoms with Crippen LogP contribution in [0.2, 0.25) is 0 Å². The topological polar surface area (TPSA) is 32.3 Å². The number of fused-ring (bicyclic) bond motifs is 1. The molecule has 2 aromatic rings. The number of halogens is 1. The van der Waals surface area contributed by atoms with Crippen molar-refractivity contribution in [2.45, 2.75) is 25.2 Å². The molecule has 4 heteroatoms. The smallest absolute Gasteiger partial charge is 0.226 e. The largest absolute Gasteiger partial charge is 0.342 e. The molecule has 1 saturated heterocycles. The summed E-state index contributed by atoms with van der Waals surface area (Å²) < 4.78 is 0. The van der Waals surface area contributed by atoms with E-state index in [4.69, 9.17) is 0 Å². The van der Waals surface area contributed by atoms with E-state index >= 15 is 0 Å². The van der Waals surface area contributed by atoms with E-state index in [1.165, 1.54) is 22.8 Å². The van der Waals surface area contributed by atoms with Crippen LogP contribution in [-0.4, -0.2) is 37.5 Å². The molecule has 3 unspecified atom stereocenters. The second kappa shape index (κ2) is 7.76. The van der Waals surface area contributed by atoms with Crippen molar-refractivity contribution in [3.05, 3.63) is 48.0 Å². The van der Waals surface area contributed by atoms with Crippen LogP contribution in [0.5, 0.6) is 0 Å². The summed E-state index contributed by atoms with van der Waals surface area (Å²) in [6, 6.07) is 15.0. The molecule has 0 aromatic heterocycles. The molecule has 4 rings (SSSR count). The van der Waals surface area contributed by atoms with E-state index in [1.54, 1.807) is 0 Å². The number of benzene rings is 2. The van der Waals surface area contributed by atoms with Gasteiger partial charge in [0.15, 0.2) is 0 Å². The third-order valence-corrected chi connectivity index (χ3v) is 5.65. The molecule has 1 aliphatic heterocycles. The molecule has 1 saturated carbocycles. The molecule has 1 amide bonds. The van der Waals surface area contributed by atoms with Crippen LogP contribution in [0, 0.1) is 11.8 Å². The Morgan fingerprint density at radius 2 is 2.00 bits per heavy atom. The number of nitrogens with one attached hydrogen (secondary N) is 1. The Hall–Kier alpha value is -1.58. The maximum atomic E-state index is 12.9. The maximum absolute atomic E-state index is 12.9. The van der Waals surface area contributed by atoms with Gasteiger partial charge < -0.3 is 10.2 Å². The number of amides is 1. The number of carbonyl (C=O) groups excluding carboxylic acids is 1. The number of carbonyl (C=O) groups is 1. The van der Waals surface area contributed by atoms with Crippen molar-refractivity contribution in [3.8, 4) is 0 Å². The van der Waals surface area contributed by atoms with E-state index in [1.807, 2.05) is 7.05 Å². The molecule has 1 heterocycles. The Morgan fingerprint density at radius 1 is 1.20 bits per heavy atom. The summed E-state index contributed by atoms with van der Waals surface area (Å²) in [6.07, 6.45) is 3.39. The zero-order valence-corrected chi connectivity index (χ0v) is 15.6. The first-order valence-corrected chi connectivity index (χ1v) is 9.19. The molecule has 1 N–H and O–H groups in total. The Kier molecular flexibility index (Phi) is 5.65. The molecular formula is C21H27ClN2O. The average molecular weight is 359 g/mol. The molecule has 0 spiro atoms. The number of likely N-dealkylation sites (tertiary alicyclic amines) is 1. The fraction of sp³-hybridized carbons (Fsp3) is 0.476. The van der Waals surface area contributed by atoms with E-state index < -0.39 is 0 Å². The van der Waals surface area contributed by atoms with Crippen molar-refractivity contribution in [2.24, 2.45) is 11.8 Å². The van der Waals surface area contributed by atoms with Gasteiger partial charge in [0.05, 0.1) is 0 Å². The maximum Gasteiger partial charge on any atom is 0.226 e. The van der Waals surface area contributed by atoms with Crippen LogP contribution >= 0.6 is 12.4 Å². The molecule has 2 fully saturated rings. The highest BCUT2D eigenvalue weighted by molar-refractivity contribution is 5.89. The number of hydrogen-bond acceptors (Lipinski definition) is 2. The predicted molar refractivity (Wildman–Crippen MR) is 105 cm³/mol. The number of piperidine rings is 1. The zero-order valence-electron chi connectivity index (χ0n) is 14.8. The molecule has 25 heavy (non-hydrogen) atoms. The zero-order chi connectivity index (χ0) is 16.5. The van der Waals surface area contributed by atoms with Crippen LogP contribution < -0.4 is 5.32 Å². The lowest BCUT2D eigenvalue weighted by Gasteiger charge is -2.33. The highest BCUT2D eigenvalue weighted by Crippen LogP contribution is 2.50. The number of nitrogens with zero attached hydrogens (tertiary/aromatic N) is 1. The van der Waals surface area contributed by atoms with Crippen LogP contribution in [0.4, 0.5) is 0 Å². The lowest BCUT2D eigenvalue weighted by molar-refractivity contribution is -0.134. The minimum Gasteiger partial charge on any atom is -0.342 e. The molecule has 134 valence electrons. The van der Waals surface area contributed by atoms with Gasteiger partial charge >= 0.3 is 0 Å². The summed E-state index contributed by atoms with van der Waals surface area (Å²) in [4.78, 5) is 15.1. The molecule has 0 radical (unpaired) electrons. The van der Waals surface area contributed by atoms with Crippen LogP contribution in [0.15, 0.2) is 42.5 Å². The third kappa shape index (κ3) is 3.68. The van der Waals surface area contributed by atoms with E-state index in [-0.39, 0.29) is 18.3 Å². The first-order chi connectivity index (χ1) is 11.8. The second-order valence-corrected chi connectivity index (χ2v) is 7.37. The van der Waals surface area contributed by atoms with Gasteiger partial charge in [0.2, 0.25) is 5.91 Å². The molecule has 3 nitrogen and oxygen atoms in total. The molecule has 2 aromatic carbocycles. The van der Waals surface area contributed by atoms with Gasteiger partial charge in [0.25, 0.3) is 0 Å². The molecular weight excluding hydrogens is 332 g/mol. The summed E-state index contributed by atoms with van der Waals surface area (Å²) in [5, 5.41) is 5.85. The number of rotatable bonds is 4. The fourth-order valence-electron chi connectivity index (χ4n) is 4.34. The minimum absolute atomic E-state index is 0. The molecule has 2 aliphatic rings. The standard InChI is InChI=1S/C21H26N2O.ClH/c1-22-13-15-6-5-11-23(14-15)21(24)20-12-19(20)18-10-4-8-16-7-2-3-9-17(16)18;/h2-4,7-10,15,19-20,22H,5-6,11-14H2,1H3;1H. The van der Waals surface area contributed by atoms with Gasteiger partial charge in [0, 0.05) is 19.0 Å². The van der Waals surface area contributed by atoms with Gasteiger partial charge in [-0.2, -0.15) is 0 Å². The fourth-order valence-corrected chi connectivity index (χ4v) is 4.34. The van der Waals surface area contributed by atoms with Crippen molar-refractivity contribution >= 4 is 29.1 Å². The first-order valence-electron chi connectivity index (χ1n) is 9.19. The quantitative estimate of drug-likeness (QED) is 0.901. The van der Waals surface area contributed by atoms with Crippen LogP contribution in [0.3, 0.4) is 0 Å². The summed E-state index contributed by atoms with van der Waals surface area (Å²) >= 11 is 0. The van der Waals surface area contributed by atoms with Crippen LogP contribution in [0.1, 0.15) is 30.7 Å². The summed E-state index contributed by atoms with van der Waals surface area (Å²) in [6.45, 7) is 2.89. The number of hydrogen-bond donors (Lipinski definition) is 1. The predicted octanol–water partition coefficient (Wildman–Crippen LogP) is 3.82.